The molecule has 0 aliphatic heterocycles. The van der Waals surface area contributed by atoms with E-state index in [-0.39, 0.29) is 0 Å². The van der Waals surface area contributed by atoms with Gasteiger partial charge in [-0.25, -0.2) is 9.78 Å². The molecule has 2 rings (SSSR count). The van der Waals surface area contributed by atoms with Gasteiger partial charge in [0.1, 0.15) is 4.60 Å². The maximum absolute atomic E-state index is 12.0. The van der Waals surface area contributed by atoms with Crippen LogP contribution in [0.4, 0.5) is 0 Å². The van der Waals surface area contributed by atoms with Crippen molar-refractivity contribution in [1.29, 1.82) is 0 Å². The standard InChI is InChI=1S/C12H9BrN2O3S/c13-10-7(3-1-5-14-10)11(16)15-9(12(17)18)8-4-2-6-19-8/h1-6,9H,(H,15,16)(H,17,18). The van der Waals surface area contributed by atoms with Crippen molar-refractivity contribution in [3.8, 4) is 0 Å². The van der Waals surface area contributed by atoms with E-state index in [1.54, 1.807) is 29.6 Å². The van der Waals surface area contributed by atoms with Crippen molar-refractivity contribution < 1.29 is 14.7 Å². The number of carbonyl (C=O) groups is 2. The molecule has 1 amide bonds. The van der Waals surface area contributed by atoms with Gasteiger partial charge in [0.15, 0.2) is 6.04 Å². The lowest BCUT2D eigenvalue weighted by atomic mass is 10.2. The minimum absolute atomic E-state index is 0.297. The van der Waals surface area contributed by atoms with Crippen LogP contribution in [0.3, 0.4) is 0 Å². The van der Waals surface area contributed by atoms with Gasteiger partial charge in [0, 0.05) is 11.1 Å². The Kier molecular flexibility index (Phi) is 4.28. The van der Waals surface area contributed by atoms with Crippen molar-refractivity contribution in [3.05, 3.63) is 50.9 Å². The molecule has 0 aromatic carbocycles. The Hall–Kier alpha value is -1.73. The Labute approximate surface area is 121 Å². The summed E-state index contributed by atoms with van der Waals surface area (Å²) in [4.78, 5) is 27.7. The molecule has 2 aromatic rings. The number of aliphatic carboxylic acids is 1. The fourth-order valence-electron chi connectivity index (χ4n) is 1.47. The quantitative estimate of drug-likeness (QED) is 0.838. The largest absolute Gasteiger partial charge is 0.479 e. The number of rotatable bonds is 4. The monoisotopic (exact) mass is 340 g/mol. The Morgan fingerprint density at radius 3 is 2.74 bits per heavy atom. The molecular weight excluding hydrogens is 332 g/mol. The van der Waals surface area contributed by atoms with E-state index in [0.29, 0.717) is 15.0 Å². The molecule has 1 atom stereocenters. The maximum Gasteiger partial charge on any atom is 0.331 e. The number of aromatic nitrogens is 1. The average molecular weight is 341 g/mol. The number of carboxylic acids is 1. The molecule has 0 fully saturated rings. The van der Waals surface area contributed by atoms with E-state index < -0.39 is 17.9 Å². The Balaban J connectivity index is 2.21. The fourth-order valence-corrected chi connectivity index (χ4v) is 2.67. The molecule has 5 nitrogen and oxygen atoms in total. The summed E-state index contributed by atoms with van der Waals surface area (Å²) < 4.78 is 0.378. The lowest BCUT2D eigenvalue weighted by Gasteiger charge is -2.13. The van der Waals surface area contributed by atoms with Crippen LogP contribution >= 0.6 is 27.3 Å². The predicted molar refractivity (Wildman–Crippen MR) is 74.1 cm³/mol. The molecule has 0 radical (unpaired) electrons. The molecule has 0 spiro atoms. The average Bonchev–Trinajstić information content (AvgIpc) is 2.89. The third-order valence-corrected chi connectivity index (χ3v) is 3.92. The third kappa shape index (κ3) is 3.18. The number of thiophene rings is 1. The molecule has 0 saturated heterocycles. The fraction of sp³-hybridized carbons (Fsp3) is 0.0833. The van der Waals surface area contributed by atoms with Crippen molar-refractivity contribution >= 4 is 39.1 Å². The summed E-state index contributed by atoms with van der Waals surface area (Å²) >= 11 is 4.43. The molecule has 98 valence electrons. The second kappa shape index (κ2) is 5.94. The van der Waals surface area contributed by atoms with E-state index in [2.05, 4.69) is 26.2 Å². The number of nitrogens with one attached hydrogen (secondary N) is 1. The smallest absolute Gasteiger partial charge is 0.331 e. The van der Waals surface area contributed by atoms with Gasteiger partial charge >= 0.3 is 5.97 Å². The Bertz CT molecular complexity index is 601. The molecule has 7 heteroatoms. The van der Waals surface area contributed by atoms with E-state index in [1.165, 1.54) is 17.5 Å². The first-order valence-corrected chi connectivity index (χ1v) is 6.94. The second-order valence-electron chi connectivity index (χ2n) is 3.60. The number of hydrogen-bond donors (Lipinski definition) is 2. The minimum atomic E-state index is -1.10. The highest BCUT2D eigenvalue weighted by Gasteiger charge is 2.24. The number of hydrogen-bond acceptors (Lipinski definition) is 4. The first-order chi connectivity index (χ1) is 9.09. The molecule has 2 heterocycles. The van der Waals surface area contributed by atoms with Gasteiger partial charge in [-0.1, -0.05) is 6.07 Å². The minimum Gasteiger partial charge on any atom is -0.479 e. The summed E-state index contributed by atoms with van der Waals surface area (Å²) in [6.07, 6.45) is 1.54. The van der Waals surface area contributed by atoms with Crippen molar-refractivity contribution in [3.63, 3.8) is 0 Å². The summed E-state index contributed by atoms with van der Waals surface area (Å²) in [5.74, 6) is -1.59. The predicted octanol–water partition coefficient (Wildman–Crippen LogP) is 2.46. The molecule has 2 N–H and O–H groups in total. The molecule has 2 aromatic heterocycles. The topological polar surface area (TPSA) is 79.3 Å². The molecular formula is C12H9BrN2O3S. The van der Waals surface area contributed by atoms with Gasteiger partial charge in [-0.3, -0.25) is 4.79 Å². The van der Waals surface area contributed by atoms with E-state index >= 15 is 0 Å². The highest BCUT2D eigenvalue weighted by atomic mass is 79.9. The number of carboxylic acid groups (broad SMARTS) is 1. The number of nitrogens with zero attached hydrogens (tertiary/aromatic N) is 1. The van der Waals surface area contributed by atoms with Crippen molar-refractivity contribution in [1.82, 2.24) is 10.3 Å². The normalized spacial score (nSPS) is 11.8. The molecule has 0 aliphatic rings. The van der Waals surface area contributed by atoms with E-state index in [1.807, 2.05) is 0 Å². The van der Waals surface area contributed by atoms with Gasteiger partial charge in [-0.15, -0.1) is 11.3 Å². The van der Waals surface area contributed by atoms with Crippen molar-refractivity contribution in [2.45, 2.75) is 6.04 Å². The first-order valence-electron chi connectivity index (χ1n) is 5.27. The lowest BCUT2D eigenvalue weighted by molar-refractivity contribution is -0.139. The number of amides is 1. The van der Waals surface area contributed by atoms with Crippen molar-refractivity contribution in [2.24, 2.45) is 0 Å². The van der Waals surface area contributed by atoms with Crippen LogP contribution in [0.25, 0.3) is 0 Å². The first kappa shape index (κ1) is 13.7. The van der Waals surface area contributed by atoms with Gasteiger partial charge in [-0.05, 0) is 39.5 Å². The number of carbonyl (C=O) groups excluding carboxylic acids is 1. The molecule has 0 bridgehead atoms. The highest BCUT2D eigenvalue weighted by molar-refractivity contribution is 9.10. The van der Waals surface area contributed by atoms with Crippen LogP contribution in [-0.2, 0) is 4.79 Å². The van der Waals surface area contributed by atoms with Gasteiger partial charge in [0.2, 0.25) is 0 Å². The van der Waals surface area contributed by atoms with Crippen LogP contribution in [0.5, 0.6) is 0 Å². The zero-order chi connectivity index (χ0) is 13.8. The zero-order valence-electron chi connectivity index (χ0n) is 9.54. The van der Waals surface area contributed by atoms with Crippen LogP contribution in [-0.4, -0.2) is 22.0 Å². The van der Waals surface area contributed by atoms with Gasteiger partial charge in [0.05, 0.1) is 5.56 Å². The van der Waals surface area contributed by atoms with Crippen LogP contribution in [0.2, 0.25) is 0 Å². The van der Waals surface area contributed by atoms with Crippen molar-refractivity contribution in [2.75, 3.05) is 0 Å². The molecule has 19 heavy (non-hydrogen) atoms. The highest BCUT2D eigenvalue weighted by Crippen LogP contribution is 2.20. The SMILES string of the molecule is O=C(NC(C(=O)O)c1cccs1)c1cccnc1Br. The lowest BCUT2D eigenvalue weighted by Crippen LogP contribution is -2.33. The number of pyridine rings is 1. The van der Waals surface area contributed by atoms with E-state index in [9.17, 15) is 14.7 Å². The molecule has 1 unspecified atom stereocenters. The summed E-state index contributed by atoms with van der Waals surface area (Å²) in [5.41, 5.74) is 0.297. The Morgan fingerprint density at radius 1 is 1.37 bits per heavy atom. The Morgan fingerprint density at radius 2 is 2.16 bits per heavy atom. The molecule has 0 saturated carbocycles. The summed E-state index contributed by atoms with van der Waals surface area (Å²) in [6.45, 7) is 0. The third-order valence-electron chi connectivity index (χ3n) is 2.35. The second-order valence-corrected chi connectivity index (χ2v) is 5.33. The number of halogens is 1. The van der Waals surface area contributed by atoms with E-state index in [0.717, 1.165) is 0 Å². The van der Waals surface area contributed by atoms with Gasteiger partial charge in [-0.2, -0.15) is 0 Å². The van der Waals surface area contributed by atoms with Crippen LogP contribution in [0.15, 0.2) is 40.4 Å². The zero-order valence-corrected chi connectivity index (χ0v) is 11.9. The van der Waals surface area contributed by atoms with Crippen LogP contribution < -0.4 is 5.32 Å². The summed E-state index contributed by atoms with van der Waals surface area (Å²) in [7, 11) is 0. The maximum atomic E-state index is 12.0. The van der Waals surface area contributed by atoms with Crippen LogP contribution in [0.1, 0.15) is 21.3 Å². The summed E-state index contributed by atoms with van der Waals surface area (Å²) in [5, 5.41) is 13.4. The van der Waals surface area contributed by atoms with Crippen LogP contribution in [0, 0.1) is 0 Å². The van der Waals surface area contributed by atoms with Gasteiger partial charge < -0.3 is 10.4 Å². The van der Waals surface area contributed by atoms with Gasteiger partial charge in [0.25, 0.3) is 5.91 Å². The van der Waals surface area contributed by atoms with E-state index in [4.69, 9.17) is 0 Å². The summed E-state index contributed by atoms with van der Waals surface area (Å²) in [6, 6.07) is 5.53. The molecule has 0 aliphatic carbocycles.